The molecule has 1 rings (SSSR count). The van der Waals surface area contributed by atoms with E-state index in [1.54, 1.807) is 6.07 Å². The van der Waals surface area contributed by atoms with Crippen LogP contribution in [0.3, 0.4) is 0 Å². The van der Waals surface area contributed by atoms with Crippen LogP contribution in [0.4, 0.5) is 10.1 Å². The summed E-state index contributed by atoms with van der Waals surface area (Å²) >= 11 is 0. The zero-order valence-electron chi connectivity index (χ0n) is 11.4. The average molecular weight is 265 g/mol. The molecule has 4 heteroatoms. The van der Waals surface area contributed by atoms with Crippen molar-refractivity contribution in [3.63, 3.8) is 0 Å². The molecule has 0 aromatic heterocycles. The highest BCUT2D eigenvalue weighted by atomic mass is 19.1. The SMILES string of the molecule is CCCN(CCC)c1cccc(F)c1/C=C/C(=O)O. The highest BCUT2D eigenvalue weighted by Gasteiger charge is 2.12. The van der Waals surface area contributed by atoms with Crippen molar-refractivity contribution in [2.75, 3.05) is 18.0 Å². The Morgan fingerprint density at radius 3 is 2.47 bits per heavy atom. The van der Waals surface area contributed by atoms with Crippen LogP contribution < -0.4 is 4.90 Å². The summed E-state index contributed by atoms with van der Waals surface area (Å²) in [6, 6.07) is 4.83. The lowest BCUT2D eigenvalue weighted by Crippen LogP contribution is -2.25. The van der Waals surface area contributed by atoms with Crippen molar-refractivity contribution in [2.24, 2.45) is 0 Å². The van der Waals surface area contributed by atoms with Crippen LogP contribution in [0.15, 0.2) is 24.3 Å². The molecule has 0 aliphatic carbocycles. The van der Waals surface area contributed by atoms with Gasteiger partial charge in [0.05, 0.1) is 0 Å². The van der Waals surface area contributed by atoms with Gasteiger partial charge < -0.3 is 10.0 Å². The van der Waals surface area contributed by atoms with Crippen molar-refractivity contribution in [2.45, 2.75) is 26.7 Å². The maximum atomic E-state index is 13.9. The summed E-state index contributed by atoms with van der Waals surface area (Å²) in [5.74, 6) is -1.47. The predicted octanol–water partition coefficient (Wildman–Crippen LogP) is 3.55. The molecule has 0 saturated carbocycles. The van der Waals surface area contributed by atoms with E-state index >= 15 is 0 Å². The van der Waals surface area contributed by atoms with Gasteiger partial charge in [-0.2, -0.15) is 0 Å². The summed E-state index contributed by atoms with van der Waals surface area (Å²) in [5, 5.41) is 8.68. The fourth-order valence-corrected chi connectivity index (χ4v) is 2.01. The Kier molecular flexibility index (Phi) is 6.06. The molecule has 0 spiro atoms. The Balaban J connectivity index is 3.16. The number of benzene rings is 1. The Morgan fingerprint density at radius 2 is 1.95 bits per heavy atom. The van der Waals surface area contributed by atoms with E-state index in [4.69, 9.17) is 5.11 Å². The number of aliphatic carboxylic acids is 1. The number of hydrogen-bond donors (Lipinski definition) is 1. The standard InChI is InChI=1S/C15H20FNO2/c1-3-10-17(11-4-2)14-7-5-6-13(16)12(14)8-9-15(18)19/h5-9H,3-4,10-11H2,1-2H3,(H,18,19)/b9-8+. The fraction of sp³-hybridized carbons (Fsp3) is 0.400. The number of hydrogen-bond acceptors (Lipinski definition) is 2. The van der Waals surface area contributed by atoms with Crippen LogP contribution in [0, 0.1) is 5.82 Å². The first-order chi connectivity index (χ1) is 9.10. The molecule has 0 radical (unpaired) electrons. The van der Waals surface area contributed by atoms with Gasteiger partial charge in [0, 0.05) is 30.4 Å². The number of carboxylic acid groups (broad SMARTS) is 1. The molecular formula is C15H20FNO2. The molecule has 1 N–H and O–H groups in total. The number of carboxylic acids is 1. The van der Waals surface area contributed by atoms with E-state index in [1.165, 1.54) is 12.1 Å². The molecule has 0 heterocycles. The second-order valence-electron chi connectivity index (χ2n) is 4.33. The third-order valence-electron chi connectivity index (χ3n) is 2.75. The molecule has 0 atom stereocenters. The molecule has 104 valence electrons. The quantitative estimate of drug-likeness (QED) is 0.766. The van der Waals surface area contributed by atoms with Crippen molar-refractivity contribution in [1.29, 1.82) is 0 Å². The van der Waals surface area contributed by atoms with Crippen LogP contribution >= 0.6 is 0 Å². The molecule has 0 unspecified atom stereocenters. The Morgan fingerprint density at radius 1 is 1.32 bits per heavy atom. The smallest absolute Gasteiger partial charge is 0.328 e. The number of nitrogens with zero attached hydrogens (tertiary/aromatic N) is 1. The van der Waals surface area contributed by atoms with Gasteiger partial charge in [-0.25, -0.2) is 9.18 Å². The zero-order chi connectivity index (χ0) is 14.3. The molecule has 0 aliphatic rings. The molecule has 3 nitrogen and oxygen atoms in total. The van der Waals surface area contributed by atoms with E-state index in [-0.39, 0.29) is 0 Å². The number of rotatable bonds is 7. The van der Waals surface area contributed by atoms with Gasteiger partial charge in [0.1, 0.15) is 5.82 Å². The molecular weight excluding hydrogens is 245 g/mol. The summed E-state index contributed by atoms with van der Waals surface area (Å²) in [5.41, 5.74) is 1.09. The molecule has 19 heavy (non-hydrogen) atoms. The first-order valence-electron chi connectivity index (χ1n) is 6.54. The first-order valence-corrected chi connectivity index (χ1v) is 6.54. The van der Waals surface area contributed by atoms with E-state index < -0.39 is 11.8 Å². The van der Waals surface area contributed by atoms with E-state index in [2.05, 4.69) is 18.7 Å². The molecule has 0 fully saturated rings. The fourth-order valence-electron chi connectivity index (χ4n) is 2.01. The highest BCUT2D eigenvalue weighted by molar-refractivity contribution is 5.87. The molecule has 0 saturated heterocycles. The van der Waals surface area contributed by atoms with Crippen LogP contribution in [0.1, 0.15) is 32.3 Å². The van der Waals surface area contributed by atoms with Crippen molar-refractivity contribution in [1.82, 2.24) is 0 Å². The van der Waals surface area contributed by atoms with E-state index in [0.29, 0.717) is 5.56 Å². The minimum absolute atomic E-state index is 0.340. The number of anilines is 1. The van der Waals surface area contributed by atoms with Crippen molar-refractivity contribution >= 4 is 17.7 Å². The topological polar surface area (TPSA) is 40.5 Å². The Hall–Kier alpha value is -1.84. The predicted molar refractivity (Wildman–Crippen MR) is 75.9 cm³/mol. The molecule has 0 amide bonds. The summed E-state index contributed by atoms with van der Waals surface area (Å²) < 4.78 is 13.9. The minimum Gasteiger partial charge on any atom is -0.478 e. The van der Waals surface area contributed by atoms with Crippen molar-refractivity contribution in [3.8, 4) is 0 Å². The Bertz CT molecular complexity index is 451. The lowest BCUT2D eigenvalue weighted by atomic mass is 10.1. The van der Waals surface area contributed by atoms with Gasteiger partial charge in [-0.1, -0.05) is 19.9 Å². The van der Waals surface area contributed by atoms with Gasteiger partial charge >= 0.3 is 5.97 Å². The van der Waals surface area contributed by atoms with Crippen LogP contribution in [-0.2, 0) is 4.79 Å². The maximum absolute atomic E-state index is 13.9. The summed E-state index contributed by atoms with van der Waals surface area (Å²) in [4.78, 5) is 12.7. The maximum Gasteiger partial charge on any atom is 0.328 e. The first kappa shape index (κ1) is 15.2. The lowest BCUT2D eigenvalue weighted by molar-refractivity contribution is -0.131. The largest absolute Gasteiger partial charge is 0.478 e. The monoisotopic (exact) mass is 265 g/mol. The van der Waals surface area contributed by atoms with Crippen molar-refractivity contribution < 1.29 is 14.3 Å². The third kappa shape index (κ3) is 4.39. The van der Waals surface area contributed by atoms with Gasteiger partial charge in [0.15, 0.2) is 0 Å². The van der Waals surface area contributed by atoms with Gasteiger partial charge in [-0.05, 0) is 31.1 Å². The normalized spacial score (nSPS) is 10.9. The minimum atomic E-state index is -1.08. The average Bonchev–Trinajstić information content (AvgIpc) is 2.36. The van der Waals surface area contributed by atoms with E-state index in [0.717, 1.165) is 37.7 Å². The zero-order valence-corrected chi connectivity index (χ0v) is 11.4. The molecule has 1 aromatic carbocycles. The van der Waals surface area contributed by atoms with Crippen LogP contribution in [0.25, 0.3) is 6.08 Å². The number of carbonyl (C=O) groups is 1. The van der Waals surface area contributed by atoms with Gasteiger partial charge in [0.25, 0.3) is 0 Å². The van der Waals surface area contributed by atoms with Crippen LogP contribution in [-0.4, -0.2) is 24.2 Å². The number of halogens is 1. The van der Waals surface area contributed by atoms with Gasteiger partial charge in [-0.3, -0.25) is 0 Å². The van der Waals surface area contributed by atoms with E-state index in [1.807, 2.05) is 6.07 Å². The summed E-state index contributed by atoms with van der Waals surface area (Å²) in [6.07, 6.45) is 4.21. The second-order valence-corrected chi connectivity index (χ2v) is 4.33. The molecule has 1 aromatic rings. The van der Waals surface area contributed by atoms with Gasteiger partial charge in [-0.15, -0.1) is 0 Å². The second kappa shape index (κ2) is 7.56. The Labute approximate surface area is 113 Å². The molecule has 0 bridgehead atoms. The third-order valence-corrected chi connectivity index (χ3v) is 2.75. The summed E-state index contributed by atoms with van der Waals surface area (Å²) in [7, 11) is 0. The molecule has 0 aliphatic heterocycles. The summed E-state index contributed by atoms with van der Waals surface area (Å²) in [6.45, 7) is 5.78. The van der Waals surface area contributed by atoms with Crippen molar-refractivity contribution in [3.05, 3.63) is 35.7 Å². The highest BCUT2D eigenvalue weighted by Crippen LogP contribution is 2.25. The van der Waals surface area contributed by atoms with Crippen LogP contribution in [0.2, 0.25) is 0 Å². The van der Waals surface area contributed by atoms with Gasteiger partial charge in [0.2, 0.25) is 0 Å². The van der Waals surface area contributed by atoms with E-state index in [9.17, 15) is 9.18 Å². The van der Waals surface area contributed by atoms with Crippen LogP contribution in [0.5, 0.6) is 0 Å². The lowest BCUT2D eigenvalue weighted by Gasteiger charge is -2.25.